The Hall–Kier alpha value is -2.93. The summed E-state index contributed by atoms with van der Waals surface area (Å²) in [7, 11) is 0. The van der Waals surface area contributed by atoms with Gasteiger partial charge in [-0.15, -0.1) is 0 Å². The zero-order valence-electron chi connectivity index (χ0n) is 14.4. The molecule has 2 aromatic carbocycles. The van der Waals surface area contributed by atoms with Gasteiger partial charge in [0.05, 0.1) is 18.5 Å². The molecular formula is C20H17BrN4O2. The lowest BCUT2D eigenvalue weighted by atomic mass is 10.0. The molecule has 1 aliphatic rings. The molecule has 0 saturated heterocycles. The van der Waals surface area contributed by atoms with Crippen molar-refractivity contribution >= 4 is 33.4 Å². The minimum Gasteiger partial charge on any atom is -0.382 e. The van der Waals surface area contributed by atoms with Crippen LogP contribution < -0.4 is 5.32 Å². The van der Waals surface area contributed by atoms with Crippen LogP contribution in [-0.2, 0) is 16.2 Å². The number of amides is 1. The molecule has 27 heavy (non-hydrogen) atoms. The molecular weight excluding hydrogens is 408 g/mol. The van der Waals surface area contributed by atoms with Gasteiger partial charge in [0.1, 0.15) is 5.82 Å². The molecule has 0 bridgehead atoms. The molecule has 4 rings (SSSR count). The monoisotopic (exact) mass is 424 g/mol. The maximum Gasteiger partial charge on any atom is 0.269 e. The van der Waals surface area contributed by atoms with Gasteiger partial charge in [-0.05, 0) is 17.2 Å². The second-order valence-corrected chi connectivity index (χ2v) is 7.01. The van der Waals surface area contributed by atoms with Crippen molar-refractivity contribution in [2.45, 2.75) is 19.1 Å². The Morgan fingerprint density at radius 3 is 2.74 bits per heavy atom. The van der Waals surface area contributed by atoms with Crippen LogP contribution >= 0.6 is 15.9 Å². The van der Waals surface area contributed by atoms with E-state index < -0.39 is 6.10 Å². The zero-order valence-corrected chi connectivity index (χ0v) is 16.0. The largest absolute Gasteiger partial charge is 0.382 e. The van der Waals surface area contributed by atoms with Gasteiger partial charge in [-0.25, -0.2) is 4.68 Å². The molecule has 1 amide bonds. The van der Waals surface area contributed by atoms with E-state index >= 15 is 0 Å². The molecule has 1 atom stereocenters. The van der Waals surface area contributed by atoms with E-state index in [1.54, 1.807) is 16.9 Å². The first-order valence-corrected chi connectivity index (χ1v) is 9.34. The van der Waals surface area contributed by atoms with E-state index in [0.717, 1.165) is 21.3 Å². The van der Waals surface area contributed by atoms with Crippen molar-refractivity contribution in [2.24, 2.45) is 5.16 Å². The highest BCUT2D eigenvalue weighted by atomic mass is 79.9. The summed E-state index contributed by atoms with van der Waals surface area (Å²) in [6.07, 6.45) is 1.45. The molecule has 3 aromatic rings. The number of oxime groups is 1. The average Bonchev–Trinajstić information content (AvgIpc) is 3.34. The number of rotatable bonds is 5. The van der Waals surface area contributed by atoms with Gasteiger partial charge >= 0.3 is 0 Å². The van der Waals surface area contributed by atoms with Gasteiger partial charge < -0.3 is 10.2 Å². The summed E-state index contributed by atoms with van der Waals surface area (Å²) < 4.78 is 2.74. The third-order valence-corrected chi connectivity index (χ3v) is 5.09. The third kappa shape index (κ3) is 3.93. The molecule has 0 spiro atoms. The fourth-order valence-electron chi connectivity index (χ4n) is 2.88. The Kier molecular flexibility index (Phi) is 5.02. The molecule has 2 heterocycles. The maximum absolute atomic E-state index is 12.6. The van der Waals surface area contributed by atoms with Crippen LogP contribution in [0.2, 0.25) is 0 Å². The van der Waals surface area contributed by atoms with E-state index in [1.807, 2.05) is 54.6 Å². The van der Waals surface area contributed by atoms with E-state index in [9.17, 15) is 4.79 Å². The second kappa shape index (κ2) is 7.75. The Labute approximate surface area is 165 Å². The molecule has 0 saturated carbocycles. The van der Waals surface area contributed by atoms with E-state index in [4.69, 9.17) is 4.84 Å². The fraction of sp³-hybridized carbons (Fsp3) is 0.150. The van der Waals surface area contributed by atoms with E-state index in [2.05, 4.69) is 31.5 Å². The number of hydrogen-bond donors (Lipinski definition) is 1. The van der Waals surface area contributed by atoms with Crippen molar-refractivity contribution in [3.05, 3.63) is 82.5 Å². The van der Waals surface area contributed by atoms with E-state index in [0.29, 0.717) is 18.8 Å². The number of nitrogens with zero attached hydrogens (tertiary/aromatic N) is 3. The predicted molar refractivity (Wildman–Crippen MR) is 107 cm³/mol. The summed E-state index contributed by atoms with van der Waals surface area (Å²) in [5, 5.41) is 11.3. The van der Waals surface area contributed by atoms with Crippen LogP contribution in [0.4, 0.5) is 5.82 Å². The Morgan fingerprint density at radius 1 is 1.15 bits per heavy atom. The van der Waals surface area contributed by atoms with E-state index in [-0.39, 0.29) is 5.91 Å². The van der Waals surface area contributed by atoms with Gasteiger partial charge in [0.15, 0.2) is 0 Å². The molecule has 1 aromatic heterocycles. The van der Waals surface area contributed by atoms with Crippen LogP contribution in [0.15, 0.2) is 76.5 Å². The predicted octanol–water partition coefficient (Wildman–Crippen LogP) is 3.83. The highest BCUT2D eigenvalue weighted by Gasteiger charge is 2.29. The number of nitrogens with one attached hydrogen (secondary N) is 1. The first kappa shape index (κ1) is 17.5. The van der Waals surface area contributed by atoms with Crippen molar-refractivity contribution in [3.8, 4) is 0 Å². The standard InChI is InChI=1S/C20H17BrN4O2/c21-16-9-5-4-8-15(16)13-25-19(10-11-22-25)23-20(26)18-12-17(24-27-18)14-6-2-1-3-7-14/h1-11,18H,12-13H2,(H,23,26). The number of anilines is 1. The molecule has 7 heteroatoms. The third-order valence-electron chi connectivity index (χ3n) is 4.31. The summed E-state index contributed by atoms with van der Waals surface area (Å²) in [6, 6.07) is 19.4. The van der Waals surface area contributed by atoms with Crippen molar-refractivity contribution in [2.75, 3.05) is 5.32 Å². The smallest absolute Gasteiger partial charge is 0.269 e. The van der Waals surface area contributed by atoms with E-state index in [1.165, 1.54) is 0 Å². The minimum absolute atomic E-state index is 0.237. The fourth-order valence-corrected chi connectivity index (χ4v) is 3.29. The number of carbonyl (C=O) groups excluding carboxylic acids is 1. The van der Waals surface area contributed by atoms with Gasteiger partial charge in [0.2, 0.25) is 6.10 Å². The van der Waals surface area contributed by atoms with Crippen LogP contribution in [0.25, 0.3) is 0 Å². The highest BCUT2D eigenvalue weighted by Crippen LogP contribution is 2.21. The average molecular weight is 425 g/mol. The van der Waals surface area contributed by atoms with Gasteiger partial charge in [0.25, 0.3) is 5.91 Å². The molecule has 0 radical (unpaired) electrons. The molecule has 136 valence electrons. The Balaban J connectivity index is 1.41. The minimum atomic E-state index is -0.646. The lowest BCUT2D eigenvalue weighted by molar-refractivity contribution is -0.125. The number of carbonyl (C=O) groups is 1. The van der Waals surface area contributed by atoms with Crippen LogP contribution in [0.1, 0.15) is 17.5 Å². The lowest BCUT2D eigenvalue weighted by Crippen LogP contribution is -2.29. The maximum atomic E-state index is 12.6. The SMILES string of the molecule is O=C(Nc1ccnn1Cc1ccccc1Br)C1CC(c2ccccc2)=NO1. The molecule has 0 fully saturated rings. The Morgan fingerprint density at radius 2 is 1.93 bits per heavy atom. The molecule has 6 nitrogen and oxygen atoms in total. The molecule has 0 aliphatic carbocycles. The van der Waals surface area contributed by atoms with Gasteiger partial charge in [0, 0.05) is 17.0 Å². The van der Waals surface area contributed by atoms with Crippen molar-refractivity contribution in [1.29, 1.82) is 0 Å². The molecule has 1 aliphatic heterocycles. The van der Waals surface area contributed by atoms with Crippen LogP contribution in [0, 0.1) is 0 Å². The van der Waals surface area contributed by atoms with Crippen molar-refractivity contribution in [3.63, 3.8) is 0 Å². The van der Waals surface area contributed by atoms with Crippen molar-refractivity contribution in [1.82, 2.24) is 9.78 Å². The number of benzene rings is 2. The molecule has 1 N–H and O–H groups in total. The van der Waals surface area contributed by atoms with Gasteiger partial charge in [-0.3, -0.25) is 4.79 Å². The summed E-state index contributed by atoms with van der Waals surface area (Å²) in [5.74, 6) is 0.381. The Bertz CT molecular complexity index is 984. The first-order valence-electron chi connectivity index (χ1n) is 8.55. The lowest BCUT2D eigenvalue weighted by Gasteiger charge is -2.12. The van der Waals surface area contributed by atoms with Gasteiger partial charge in [-0.2, -0.15) is 5.10 Å². The molecule has 1 unspecified atom stereocenters. The normalized spacial score (nSPS) is 15.9. The summed E-state index contributed by atoms with van der Waals surface area (Å²) in [6.45, 7) is 0.543. The van der Waals surface area contributed by atoms with Crippen molar-refractivity contribution < 1.29 is 9.63 Å². The van der Waals surface area contributed by atoms with Gasteiger partial charge in [-0.1, -0.05) is 69.6 Å². The van der Waals surface area contributed by atoms with Crippen LogP contribution in [-0.4, -0.2) is 27.5 Å². The number of hydrogen-bond acceptors (Lipinski definition) is 4. The quantitative estimate of drug-likeness (QED) is 0.676. The second-order valence-electron chi connectivity index (χ2n) is 6.16. The van der Waals surface area contributed by atoms with Crippen LogP contribution in [0.5, 0.6) is 0 Å². The topological polar surface area (TPSA) is 68.5 Å². The first-order chi connectivity index (χ1) is 13.2. The number of halogens is 1. The summed E-state index contributed by atoms with van der Waals surface area (Å²) in [4.78, 5) is 17.9. The highest BCUT2D eigenvalue weighted by molar-refractivity contribution is 9.10. The van der Waals surface area contributed by atoms with Crippen LogP contribution in [0.3, 0.4) is 0 Å². The zero-order chi connectivity index (χ0) is 18.6. The number of aromatic nitrogens is 2. The summed E-state index contributed by atoms with van der Waals surface area (Å²) >= 11 is 3.54. The summed E-state index contributed by atoms with van der Waals surface area (Å²) in [5.41, 5.74) is 2.81.